The van der Waals surface area contributed by atoms with Crippen molar-refractivity contribution in [2.24, 2.45) is 5.92 Å². The zero-order valence-electron chi connectivity index (χ0n) is 23.2. The van der Waals surface area contributed by atoms with E-state index >= 15 is 0 Å². The highest BCUT2D eigenvalue weighted by molar-refractivity contribution is 5.96. The van der Waals surface area contributed by atoms with Crippen LogP contribution in [0.5, 0.6) is 11.5 Å². The number of aryl methyl sites for hydroxylation is 2. The summed E-state index contributed by atoms with van der Waals surface area (Å²) in [6.45, 7) is 4.43. The van der Waals surface area contributed by atoms with Crippen LogP contribution in [0.4, 0.5) is 0 Å². The molecule has 1 unspecified atom stereocenters. The number of amides is 2. The molecular weight excluding hydrogens is 516 g/mol. The van der Waals surface area contributed by atoms with Crippen LogP contribution in [-0.2, 0) is 38.4 Å². The lowest BCUT2D eigenvalue weighted by molar-refractivity contribution is -0.141. The van der Waals surface area contributed by atoms with Crippen LogP contribution >= 0.6 is 0 Å². The van der Waals surface area contributed by atoms with Gasteiger partial charge in [0.15, 0.2) is 11.6 Å². The number of carboxylic acids is 1. The Morgan fingerprint density at radius 3 is 2.35 bits per heavy atom. The van der Waals surface area contributed by atoms with Crippen molar-refractivity contribution in [2.45, 2.75) is 65.0 Å². The van der Waals surface area contributed by atoms with Gasteiger partial charge in [-0.15, -0.1) is 0 Å². The first-order chi connectivity index (χ1) is 19.0. The van der Waals surface area contributed by atoms with E-state index in [1.165, 1.54) is 25.2 Å². The van der Waals surface area contributed by atoms with Crippen molar-refractivity contribution in [3.63, 3.8) is 0 Å². The predicted octanol–water partition coefficient (Wildman–Crippen LogP) is 2.68. The molecule has 0 spiro atoms. The molecule has 10 nitrogen and oxygen atoms in total. The SMILES string of the molecule is COc1ccc(C(C)=O)cc1CC(=O)N[C@H](C(=O)NC(CC(=O)O)C(=O)COc1ccc2c(c1)CCC2)C(C)C. The molecule has 10 heteroatoms. The lowest BCUT2D eigenvalue weighted by atomic mass is 10.0. The highest BCUT2D eigenvalue weighted by Gasteiger charge is 2.30. The largest absolute Gasteiger partial charge is 0.496 e. The van der Waals surface area contributed by atoms with Gasteiger partial charge in [-0.1, -0.05) is 19.9 Å². The Balaban J connectivity index is 1.66. The topological polar surface area (TPSA) is 148 Å². The summed E-state index contributed by atoms with van der Waals surface area (Å²) in [4.78, 5) is 62.2. The minimum Gasteiger partial charge on any atom is -0.496 e. The van der Waals surface area contributed by atoms with Crippen molar-refractivity contribution in [3.8, 4) is 11.5 Å². The van der Waals surface area contributed by atoms with Crippen molar-refractivity contribution in [1.82, 2.24) is 10.6 Å². The van der Waals surface area contributed by atoms with Gasteiger partial charge in [0.2, 0.25) is 11.8 Å². The smallest absolute Gasteiger partial charge is 0.305 e. The minimum atomic E-state index is -1.34. The molecule has 40 heavy (non-hydrogen) atoms. The van der Waals surface area contributed by atoms with E-state index in [1.807, 2.05) is 12.1 Å². The van der Waals surface area contributed by atoms with Crippen molar-refractivity contribution >= 4 is 29.4 Å². The van der Waals surface area contributed by atoms with Gasteiger partial charge < -0.3 is 25.2 Å². The van der Waals surface area contributed by atoms with Crippen molar-refractivity contribution in [2.75, 3.05) is 13.7 Å². The lowest BCUT2D eigenvalue weighted by Crippen LogP contribution is -2.54. The van der Waals surface area contributed by atoms with E-state index in [2.05, 4.69) is 10.6 Å². The zero-order chi connectivity index (χ0) is 29.4. The Morgan fingerprint density at radius 2 is 1.70 bits per heavy atom. The van der Waals surface area contributed by atoms with Gasteiger partial charge in [-0.05, 0) is 73.6 Å². The van der Waals surface area contributed by atoms with Gasteiger partial charge in [0.05, 0.1) is 20.0 Å². The summed E-state index contributed by atoms with van der Waals surface area (Å²) in [5, 5.41) is 14.5. The molecule has 214 valence electrons. The summed E-state index contributed by atoms with van der Waals surface area (Å²) >= 11 is 0. The van der Waals surface area contributed by atoms with E-state index in [4.69, 9.17) is 9.47 Å². The van der Waals surface area contributed by atoms with Gasteiger partial charge in [-0.2, -0.15) is 0 Å². The van der Waals surface area contributed by atoms with Gasteiger partial charge in [0.1, 0.15) is 30.2 Å². The second-order valence-electron chi connectivity index (χ2n) is 10.2. The Hall–Kier alpha value is -4.21. The van der Waals surface area contributed by atoms with Gasteiger partial charge in [0.25, 0.3) is 0 Å². The third kappa shape index (κ3) is 8.14. The Labute approximate surface area is 233 Å². The van der Waals surface area contributed by atoms with E-state index < -0.39 is 48.7 Å². The third-order valence-electron chi connectivity index (χ3n) is 6.84. The number of carboxylic acid groups (broad SMARTS) is 1. The van der Waals surface area contributed by atoms with Crippen LogP contribution in [0, 0.1) is 5.92 Å². The first-order valence-corrected chi connectivity index (χ1v) is 13.2. The summed E-state index contributed by atoms with van der Waals surface area (Å²) in [5.41, 5.74) is 3.31. The highest BCUT2D eigenvalue weighted by atomic mass is 16.5. The molecule has 1 aliphatic carbocycles. The molecule has 3 rings (SSSR count). The lowest BCUT2D eigenvalue weighted by Gasteiger charge is -2.25. The number of benzene rings is 2. The molecular formula is C30H36N2O8. The third-order valence-corrected chi connectivity index (χ3v) is 6.84. The molecule has 3 N–H and O–H groups in total. The summed E-state index contributed by atoms with van der Waals surface area (Å²) in [5.74, 6) is -2.68. The van der Waals surface area contributed by atoms with Crippen LogP contribution in [0.3, 0.4) is 0 Å². The first-order valence-electron chi connectivity index (χ1n) is 13.2. The Morgan fingerprint density at radius 1 is 0.975 bits per heavy atom. The van der Waals surface area contributed by atoms with E-state index in [1.54, 1.807) is 38.1 Å². The van der Waals surface area contributed by atoms with E-state index in [-0.39, 0.29) is 18.1 Å². The maximum absolute atomic E-state index is 13.2. The van der Waals surface area contributed by atoms with Crippen molar-refractivity contribution in [3.05, 3.63) is 58.7 Å². The molecule has 0 aromatic heterocycles. The minimum absolute atomic E-state index is 0.160. The molecule has 1 aliphatic rings. The number of fused-ring (bicyclic) bond motifs is 1. The van der Waals surface area contributed by atoms with Gasteiger partial charge in [-0.3, -0.25) is 24.0 Å². The molecule has 0 bridgehead atoms. The van der Waals surface area contributed by atoms with Crippen molar-refractivity contribution < 1.29 is 38.6 Å². The van der Waals surface area contributed by atoms with Crippen molar-refractivity contribution in [1.29, 1.82) is 0 Å². The van der Waals surface area contributed by atoms with Gasteiger partial charge >= 0.3 is 5.97 Å². The fraction of sp³-hybridized carbons (Fsp3) is 0.433. The number of ether oxygens (including phenoxy) is 2. The average Bonchev–Trinajstić information content (AvgIpc) is 3.37. The maximum atomic E-state index is 13.2. The number of carbonyl (C=O) groups is 5. The summed E-state index contributed by atoms with van der Waals surface area (Å²) in [7, 11) is 1.45. The second-order valence-corrected chi connectivity index (χ2v) is 10.2. The van der Waals surface area contributed by atoms with Crippen LogP contribution in [0.15, 0.2) is 36.4 Å². The molecule has 0 aliphatic heterocycles. The standard InChI is InChI=1S/C30H36N2O8/c1-17(2)29(32-27(35)14-22-12-20(18(3)33)9-11-26(22)39-4)30(38)31-24(15-28(36)37)25(34)16-40-23-10-8-19-6-5-7-21(19)13-23/h8-13,17,24,29H,5-7,14-16H2,1-4H3,(H,31,38)(H,32,35)(H,36,37)/t24?,29-/m0/s1. The molecule has 2 amide bonds. The Bertz CT molecular complexity index is 1290. The molecule has 0 radical (unpaired) electrons. The van der Waals surface area contributed by atoms with Crippen LogP contribution in [0.1, 0.15) is 60.7 Å². The molecule has 0 saturated heterocycles. The molecule has 2 aromatic carbocycles. The number of nitrogens with one attached hydrogen (secondary N) is 2. The predicted molar refractivity (Wildman–Crippen MR) is 147 cm³/mol. The fourth-order valence-electron chi connectivity index (χ4n) is 4.64. The molecule has 0 heterocycles. The molecule has 2 aromatic rings. The normalized spacial score (nSPS) is 13.6. The van der Waals surface area contributed by atoms with E-state index in [0.717, 1.165) is 19.3 Å². The number of hydrogen-bond donors (Lipinski definition) is 3. The summed E-state index contributed by atoms with van der Waals surface area (Å²) in [6.07, 6.45) is 2.22. The molecule has 0 fully saturated rings. The molecule has 0 saturated carbocycles. The fourth-order valence-corrected chi connectivity index (χ4v) is 4.64. The number of ketones is 2. The van der Waals surface area contributed by atoms with Crippen LogP contribution in [0.25, 0.3) is 0 Å². The van der Waals surface area contributed by atoms with Crippen LogP contribution in [0.2, 0.25) is 0 Å². The number of rotatable bonds is 14. The monoisotopic (exact) mass is 552 g/mol. The summed E-state index contributed by atoms with van der Waals surface area (Å²) < 4.78 is 10.9. The maximum Gasteiger partial charge on any atom is 0.305 e. The Kier molecular flexibility index (Phi) is 10.4. The number of methoxy groups -OCH3 is 1. The van der Waals surface area contributed by atoms with Crippen LogP contribution in [-0.4, -0.2) is 60.3 Å². The van der Waals surface area contributed by atoms with E-state index in [0.29, 0.717) is 22.6 Å². The van der Waals surface area contributed by atoms with Gasteiger partial charge in [-0.25, -0.2) is 0 Å². The number of Topliss-reactive ketones (excluding diaryl/α,β-unsaturated/α-hetero) is 2. The van der Waals surface area contributed by atoms with Crippen LogP contribution < -0.4 is 20.1 Å². The van der Waals surface area contributed by atoms with E-state index in [9.17, 15) is 29.1 Å². The number of aliphatic carboxylic acids is 1. The molecule has 2 atom stereocenters. The second kappa shape index (κ2) is 13.7. The first kappa shape index (κ1) is 30.3. The quantitative estimate of drug-likeness (QED) is 0.303. The zero-order valence-corrected chi connectivity index (χ0v) is 23.2. The van der Waals surface area contributed by atoms with Gasteiger partial charge in [0, 0.05) is 11.1 Å². The number of carbonyl (C=O) groups excluding carboxylic acids is 4. The number of hydrogen-bond acceptors (Lipinski definition) is 7. The highest BCUT2D eigenvalue weighted by Crippen LogP contribution is 2.26. The summed E-state index contributed by atoms with van der Waals surface area (Å²) in [6, 6.07) is 7.98. The average molecular weight is 553 g/mol.